The fourth-order valence-electron chi connectivity index (χ4n) is 2.54. The number of rotatable bonds is 3. The topological polar surface area (TPSA) is 57.4 Å². The molecule has 1 heterocycles. The first-order chi connectivity index (χ1) is 10.6. The first-order valence-electron chi connectivity index (χ1n) is 6.78. The lowest BCUT2D eigenvalue weighted by Gasteiger charge is -2.16. The normalized spacial score (nSPS) is 16.9. The maximum atomic E-state index is 12.3. The van der Waals surface area contributed by atoms with Gasteiger partial charge in [-0.1, -0.05) is 41.9 Å². The second-order valence-corrected chi connectivity index (χ2v) is 5.54. The molecule has 110 valence electrons. The van der Waals surface area contributed by atoms with E-state index in [0.29, 0.717) is 22.8 Å². The van der Waals surface area contributed by atoms with E-state index in [9.17, 15) is 14.7 Å². The van der Waals surface area contributed by atoms with Gasteiger partial charge in [-0.2, -0.15) is 4.58 Å². The van der Waals surface area contributed by atoms with Crippen molar-refractivity contribution < 1.29 is 19.3 Å². The van der Waals surface area contributed by atoms with Gasteiger partial charge in [-0.05, 0) is 12.1 Å². The standard InChI is InChI=1S/C17H12ClNO3/c18-12-6-7-13-15(8-12)19(9-11-4-2-1-3-5-11)10-14(16(13)20)17(21)22/h1-8,10,14H,9H2/p+1. The molecule has 0 aromatic heterocycles. The minimum absolute atomic E-state index is 0.384. The maximum absolute atomic E-state index is 12.3. The quantitative estimate of drug-likeness (QED) is 0.699. The van der Waals surface area contributed by atoms with E-state index in [1.165, 1.54) is 6.21 Å². The largest absolute Gasteiger partial charge is 0.480 e. The number of carbonyl (C=O) groups is 2. The number of nitrogens with zero attached hydrogens (tertiary/aromatic N) is 1. The van der Waals surface area contributed by atoms with Crippen LogP contribution in [0.25, 0.3) is 0 Å². The molecule has 5 heteroatoms. The van der Waals surface area contributed by atoms with Gasteiger partial charge in [0.25, 0.3) is 0 Å². The molecule has 4 nitrogen and oxygen atoms in total. The van der Waals surface area contributed by atoms with Crippen LogP contribution >= 0.6 is 11.6 Å². The predicted octanol–water partition coefficient (Wildman–Crippen LogP) is 3.15. The monoisotopic (exact) mass is 314 g/mol. The molecule has 2 aromatic rings. The summed E-state index contributed by atoms with van der Waals surface area (Å²) in [4.78, 5) is 23.6. The lowest BCUT2D eigenvalue weighted by atomic mass is 9.93. The molecule has 1 aliphatic rings. The molecule has 1 unspecified atom stereocenters. The van der Waals surface area contributed by atoms with Crippen LogP contribution in [0.5, 0.6) is 0 Å². The Labute approximate surface area is 132 Å². The maximum Gasteiger partial charge on any atom is 0.324 e. The summed E-state index contributed by atoms with van der Waals surface area (Å²) in [6.07, 6.45) is 1.45. The SMILES string of the molecule is O=C(O)C1C=[N+](Cc2ccccc2)c2cc(Cl)ccc2C1=O. The van der Waals surface area contributed by atoms with E-state index in [4.69, 9.17) is 11.6 Å². The lowest BCUT2D eigenvalue weighted by molar-refractivity contribution is -0.456. The number of benzene rings is 2. The minimum Gasteiger partial charge on any atom is -0.480 e. The number of hydrogen-bond donors (Lipinski definition) is 1. The summed E-state index contributed by atoms with van der Waals surface area (Å²) < 4.78 is 1.77. The molecule has 1 aliphatic heterocycles. The smallest absolute Gasteiger partial charge is 0.324 e. The first-order valence-corrected chi connectivity index (χ1v) is 7.16. The second-order valence-electron chi connectivity index (χ2n) is 5.10. The minimum atomic E-state index is -1.17. The van der Waals surface area contributed by atoms with Gasteiger partial charge in [0.1, 0.15) is 0 Å². The van der Waals surface area contributed by atoms with Crippen molar-refractivity contribution >= 4 is 35.3 Å². The zero-order valence-electron chi connectivity index (χ0n) is 11.6. The number of carbonyl (C=O) groups excluding carboxylic acids is 1. The number of ketones is 1. The van der Waals surface area contributed by atoms with Crippen LogP contribution in [-0.2, 0) is 11.3 Å². The van der Waals surface area contributed by atoms with Crippen molar-refractivity contribution in [3.8, 4) is 0 Å². The summed E-state index contributed by atoms with van der Waals surface area (Å²) in [5.41, 5.74) is 2.04. The summed E-state index contributed by atoms with van der Waals surface area (Å²) in [5.74, 6) is -2.73. The summed E-state index contributed by atoms with van der Waals surface area (Å²) in [7, 11) is 0. The highest BCUT2D eigenvalue weighted by Crippen LogP contribution is 2.30. The Morgan fingerprint density at radius 2 is 1.91 bits per heavy atom. The van der Waals surface area contributed by atoms with E-state index >= 15 is 0 Å². The van der Waals surface area contributed by atoms with Crippen LogP contribution in [0.2, 0.25) is 5.02 Å². The number of Topliss-reactive ketones (excluding diaryl/α,β-unsaturated/α-hetero) is 1. The van der Waals surface area contributed by atoms with Gasteiger partial charge < -0.3 is 5.11 Å². The summed E-state index contributed by atoms with van der Waals surface area (Å²) in [6, 6.07) is 14.5. The van der Waals surface area contributed by atoms with E-state index in [1.807, 2.05) is 30.3 Å². The molecule has 0 saturated heterocycles. The third kappa shape index (κ3) is 2.65. The van der Waals surface area contributed by atoms with Gasteiger partial charge in [0.05, 0.1) is 5.56 Å². The van der Waals surface area contributed by atoms with Crippen molar-refractivity contribution in [1.29, 1.82) is 0 Å². The molecule has 0 radical (unpaired) electrons. The molecule has 1 atom stereocenters. The highest BCUT2D eigenvalue weighted by molar-refractivity contribution is 6.31. The van der Waals surface area contributed by atoms with Gasteiger partial charge in [-0.25, -0.2) is 0 Å². The average molecular weight is 315 g/mol. The molecule has 22 heavy (non-hydrogen) atoms. The van der Waals surface area contributed by atoms with E-state index in [1.54, 1.807) is 22.8 Å². The number of aliphatic carboxylic acids is 1. The molecule has 0 spiro atoms. The van der Waals surface area contributed by atoms with Crippen molar-refractivity contribution in [2.45, 2.75) is 6.54 Å². The summed E-state index contributed by atoms with van der Waals surface area (Å²) >= 11 is 6.02. The number of fused-ring (bicyclic) bond motifs is 1. The Morgan fingerprint density at radius 3 is 2.59 bits per heavy atom. The average Bonchev–Trinajstić information content (AvgIpc) is 2.50. The van der Waals surface area contributed by atoms with Gasteiger partial charge >= 0.3 is 5.97 Å². The van der Waals surface area contributed by atoms with Crippen molar-refractivity contribution in [3.05, 3.63) is 64.7 Å². The molecule has 0 bridgehead atoms. The number of carboxylic acid groups (broad SMARTS) is 1. The van der Waals surface area contributed by atoms with Crippen LogP contribution in [0, 0.1) is 5.92 Å². The van der Waals surface area contributed by atoms with Crippen LogP contribution in [0.4, 0.5) is 5.69 Å². The molecule has 2 aromatic carbocycles. The summed E-state index contributed by atoms with van der Waals surface area (Å²) in [5, 5.41) is 9.77. The Kier molecular flexibility index (Phi) is 3.77. The van der Waals surface area contributed by atoms with Crippen LogP contribution in [0.15, 0.2) is 48.5 Å². The molecule has 0 fully saturated rings. The van der Waals surface area contributed by atoms with Crippen molar-refractivity contribution in [3.63, 3.8) is 0 Å². The molecular formula is C17H13ClNO3+. The van der Waals surface area contributed by atoms with Gasteiger partial charge in [0.15, 0.2) is 24.5 Å². The first kappa shape index (κ1) is 14.5. The van der Waals surface area contributed by atoms with Crippen LogP contribution < -0.4 is 0 Å². The molecule has 0 saturated carbocycles. The van der Waals surface area contributed by atoms with E-state index < -0.39 is 17.7 Å². The van der Waals surface area contributed by atoms with Gasteiger partial charge in [0, 0.05) is 16.7 Å². The Morgan fingerprint density at radius 1 is 1.18 bits per heavy atom. The van der Waals surface area contributed by atoms with Crippen LogP contribution in [-0.4, -0.2) is 27.6 Å². The van der Waals surface area contributed by atoms with Gasteiger partial charge in [-0.15, -0.1) is 0 Å². The zero-order valence-corrected chi connectivity index (χ0v) is 12.3. The molecule has 3 rings (SSSR count). The molecular weight excluding hydrogens is 302 g/mol. The second kappa shape index (κ2) is 5.73. The number of carboxylic acids is 1. The fraction of sp³-hybridized carbons (Fsp3) is 0.118. The van der Waals surface area contributed by atoms with E-state index in [0.717, 1.165) is 5.56 Å². The predicted molar refractivity (Wildman–Crippen MR) is 83.0 cm³/mol. The number of halogens is 1. The van der Waals surface area contributed by atoms with Gasteiger partial charge in [-0.3, -0.25) is 9.59 Å². The Hall–Kier alpha value is -2.46. The molecule has 0 aliphatic carbocycles. The third-order valence-corrected chi connectivity index (χ3v) is 3.84. The van der Waals surface area contributed by atoms with Crippen molar-refractivity contribution in [2.75, 3.05) is 0 Å². The highest BCUT2D eigenvalue weighted by atomic mass is 35.5. The van der Waals surface area contributed by atoms with Crippen molar-refractivity contribution in [2.24, 2.45) is 5.92 Å². The molecule has 0 amide bonds. The Balaban J connectivity index is 2.09. The van der Waals surface area contributed by atoms with E-state index in [2.05, 4.69) is 0 Å². The Bertz CT molecular complexity index is 784. The van der Waals surface area contributed by atoms with Crippen LogP contribution in [0.3, 0.4) is 0 Å². The van der Waals surface area contributed by atoms with Crippen molar-refractivity contribution in [1.82, 2.24) is 0 Å². The lowest BCUT2D eigenvalue weighted by Crippen LogP contribution is -2.33. The fourth-order valence-corrected chi connectivity index (χ4v) is 2.71. The zero-order chi connectivity index (χ0) is 15.7. The molecule has 1 N–H and O–H groups in total. The van der Waals surface area contributed by atoms with E-state index in [-0.39, 0.29) is 0 Å². The summed E-state index contributed by atoms with van der Waals surface area (Å²) in [6.45, 7) is 0.477. The third-order valence-electron chi connectivity index (χ3n) is 3.61. The van der Waals surface area contributed by atoms with Gasteiger partial charge in [0.2, 0.25) is 5.69 Å². The van der Waals surface area contributed by atoms with Crippen LogP contribution in [0.1, 0.15) is 15.9 Å². The highest BCUT2D eigenvalue weighted by Gasteiger charge is 2.38. The number of hydrogen-bond acceptors (Lipinski definition) is 2.